The zero-order valence-electron chi connectivity index (χ0n) is 13.2. The molecule has 0 aromatic carbocycles. The summed E-state index contributed by atoms with van der Waals surface area (Å²) >= 11 is 0. The fraction of sp³-hybridized carbons (Fsp3) is 0.684. The van der Waals surface area contributed by atoms with Crippen LogP contribution in [-0.4, -0.2) is 25.8 Å². The molecular weight excluding hydrogens is 258 g/mol. The molecule has 2 aliphatic heterocycles. The third kappa shape index (κ3) is 2.53. The molecule has 2 fully saturated rings. The molecule has 0 amide bonds. The minimum absolute atomic E-state index is 0.322. The highest BCUT2D eigenvalue weighted by molar-refractivity contribution is 5.31. The first-order valence-corrected chi connectivity index (χ1v) is 8.89. The van der Waals surface area contributed by atoms with Crippen LogP contribution in [0.25, 0.3) is 0 Å². The fourth-order valence-corrected chi connectivity index (χ4v) is 4.86. The van der Waals surface area contributed by atoms with Crippen molar-refractivity contribution in [1.82, 2.24) is 0 Å². The number of ether oxygens (including phenoxy) is 1. The summed E-state index contributed by atoms with van der Waals surface area (Å²) in [7, 11) is 2.24. The van der Waals surface area contributed by atoms with Crippen molar-refractivity contribution in [3.05, 3.63) is 35.6 Å². The summed E-state index contributed by atoms with van der Waals surface area (Å²) in [4.78, 5) is 1.48. The molecule has 4 aliphatic rings. The molecule has 0 aromatic heterocycles. The summed E-state index contributed by atoms with van der Waals surface area (Å²) in [5.74, 6) is 1.39. The highest BCUT2D eigenvalue weighted by atomic mass is 16.5. The molecule has 0 bridgehead atoms. The first kappa shape index (κ1) is 13.8. The molecule has 2 nitrogen and oxygen atoms in total. The lowest BCUT2D eigenvalue weighted by Gasteiger charge is -2.48. The van der Waals surface area contributed by atoms with Crippen LogP contribution in [-0.2, 0) is 4.74 Å². The molecule has 4 rings (SSSR count). The van der Waals surface area contributed by atoms with Crippen molar-refractivity contribution in [2.45, 2.75) is 57.2 Å². The lowest BCUT2D eigenvalue weighted by molar-refractivity contribution is -0.819. The Morgan fingerprint density at radius 2 is 1.95 bits per heavy atom. The SMILES string of the molecule is C[NH+]1C=C(C2OC3CCCCC3C3=CCCCC32)C=CC1. The Morgan fingerprint density at radius 1 is 1.10 bits per heavy atom. The minimum Gasteiger partial charge on any atom is -0.369 e. The fourth-order valence-electron chi connectivity index (χ4n) is 4.86. The number of fused-ring (bicyclic) bond motifs is 3. The molecule has 1 N–H and O–H groups in total. The topological polar surface area (TPSA) is 13.7 Å². The Bertz CT molecular complexity index is 490. The molecule has 0 aromatic rings. The zero-order chi connectivity index (χ0) is 14.2. The van der Waals surface area contributed by atoms with Gasteiger partial charge in [-0.25, -0.2) is 0 Å². The normalized spacial score (nSPS) is 42.6. The van der Waals surface area contributed by atoms with E-state index in [1.54, 1.807) is 5.57 Å². The molecule has 5 atom stereocenters. The zero-order valence-corrected chi connectivity index (χ0v) is 13.2. The van der Waals surface area contributed by atoms with Gasteiger partial charge in [-0.05, 0) is 44.3 Å². The molecule has 2 aliphatic carbocycles. The second-order valence-corrected chi connectivity index (χ2v) is 7.32. The monoisotopic (exact) mass is 286 g/mol. The van der Waals surface area contributed by atoms with E-state index in [0.29, 0.717) is 18.1 Å². The number of nitrogens with one attached hydrogen (secondary N) is 1. The van der Waals surface area contributed by atoms with E-state index < -0.39 is 0 Å². The molecule has 2 heterocycles. The molecule has 0 radical (unpaired) electrons. The summed E-state index contributed by atoms with van der Waals surface area (Å²) in [6.45, 7) is 1.11. The molecule has 1 saturated heterocycles. The van der Waals surface area contributed by atoms with Gasteiger partial charge >= 0.3 is 0 Å². The van der Waals surface area contributed by atoms with Gasteiger partial charge in [0.25, 0.3) is 0 Å². The van der Waals surface area contributed by atoms with E-state index in [1.165, 1.54) is 55.4 Å². The van der Waals surface area contributed by atoms with Gasteiger partial charge in [0, 0.05) is 17.4 Å². The van der Waals surface area contributed by atoms with E-state index in [2.05, 4.69) is 31.5 Å². The number of hydrogen-bond acceptors (Lipinski definition) is 1. The maximum atomic E-state index is 6.67. The Balaban J connectivity index is 1.66. The van der Waals surface area contributed by atoms with E-state index >= 15 is 0 Å². The second-order valence-electron chi connectivity index (χ2n) is 7.32. The molecule has 5 unspecified atom stereocenters. The molecular formula is C19H28NO+. The number of hydrogen-bond donors (Lipinski definition) is 1. The largest absolute Gasteiger partial charge is 0.369 e. The van der Waals surface area contributed by atoms with Crippen molar-refractivity contribution in [3.63, 3.8) is 0 Å². The maximum Gasteiger partial charge on any atom is 0.100 e. The van der Waals surface area contributed by atoms with E-state index in [9.17, 15) is 0 Å². The molecule has 1 saturated carbocycles. The van der Waals surface area contributed by atoms with Gasteiger partial charge in [-0.2, -0.15) is 0 Å². The third-order valence-corrected chi connectivity index (χ3v) is 5.84. The molecule has 114 valence electrons. The van der Waals surface area contributed by atoms with Crippen LogP contribution in [0, 0.1) is 11.8 Å². The van der Waals surface area contributed by atoms with Crippen molar-refractivity contribution >= 4 is 0 Å². The highest BCUT2D eigenvalue weighted by Crippen LogP contribution is 2.47. The van der Waals surface area contributed by atoms with Crippen molar-refractivity contribution in [2.75, 3.05) is 13.6 Å². The van der Waals surface area contributed by atoms with E-state index in [-0.39, 0.29) is 0 Å². The van der Waals surface area contributed by atoms with Crippen LogP contribution in [0.5, 0.6) is 0 Å². The Morgan fingerprint density at radius 3 is 2.86 bits per heavy atom. The lowest BCUT2D eigenvalue weighted by atomic mass is 9.68. The Labute approximate surface area is 128 Å². The first-order chi connectivity index (χ1) is 10.3. The van der Waals surface area contributed by atoms with Gasteiger partial charge in [0.2, 0.25) is 0 Å². The van der Waals surface area contributed by atoms with Crippen LogP contribution in [0.4, 0.5) is 0 Å². The average Bonchev–Trinajstić information content (AvgIpc) is 2.54. The van der Waals surface area contributed by atoms with Gasteiger partial charge in [0.15, 0.2) is 0 Å². The van der Waals surface area contributed by atoms with Crippen LogP contribution in [0.1, 0.15) is 44.9 Å². The van der Waals surface area contributed by atoms with Crippen LogP contribution in [0.2, 0.25) is 0 Å². The molecule has 21 heavy (non-hydrogen) atoms. The third-order valence-electron chi connectivity index (χ3n) is 5.84. The number of allylic oxidation sites excluding steroid dienone is 1. The van der Waals surface area contributed by atoms with Crippen LogP contribution in [0.15, 0.2) is 35.6 Å². The second kappa shape index (κ2) is 5.73. The van der Waals surface area contributed by atoms with Gasteiger partial charge in [0.1, 0.15) is 12.7 Å². The number of quaternary nitrogens is 1. The van der Waals surface area contributed by atoms with Gasteiger partial charge in [-0.3, -0.25) is 0 Å². The summed E-state index contributed by atoms with van der Waals surface area (Å²) in [6, 6.07) is 0. The summed E-state index contributed by atoms with van der Waals surface area (Å²) < 4.78 is 6.67. The Hall–Kier alpha value is -0.860. The number of likely N-dealkylation sites (N-methyl/N-ethyl adjacent to an activating group) is 1. The van der Waals surface area contributed by atoms with E-state index in [0.717, 1.165) is 12.5 Å². The highest BCUT2D eigenvalue weighted by Gasteiger charge is 2.44. The van der Waals surface area contributed by atoms with Gasteiger partial charge in [-0.15, -0.1) is 0 Å². The van der Waals surface area contributed by atoms with Crippen molar-refractivity contribution in [1.29, 1.82) is 0 Å². The first-order valence-electron chi connectivity index (χ1n) is 8.89. The van der Waals surface area contributed by atoms with Crippen molar-refractivity contribution < 1.29 is 9.64 Å². The Kier molecular flexibility index (Phi) is 3.76. The summed E-state index contributed by atoms with van der Waals surface area (Å²) in [5.41, 5.74) is 3.19. The predicted molar refractivity (Wildman–Crippen MR) is 85.0 cm³/mol. The van der Waals surface area contributed by atoms with Gasteiger partial charge in [-0.1, -0.05) is 24.5 Å². The standard InChI is InChI=1S/C19H27NO/c1-20-12-6-7-14(13-20)19-17-10-3-2-8-15(17)16-9-4-5-11-18(16)21-19/h6-8,13,16-19H,2-5,9-12H2,1H3/p+1. The predicted octanol–water partition coefficient (Wildman–Crippen LogP) is 2.64. The smallest absolute Gasteiger partial charge is 0.100 e. The van der Waals surface area contributed by atoms with Crippen molar-refractivity contribution in [3.8, 4) is 0 Å². The van der Waals surface area contributed by atoms with Crippen LogP contribution in [0.3, 0.4) is 0 Å². The quantitative estimate of drug-likeness (QED) is 0.732. The minimum atomic E-state index is 0.322. The molecule has 2 heteroatoms. The van der Waals surface area contributed by atoms with Crippen molar-refractivity contribution in [2.24, 2.45) is 11.8 Å². The van der Waals surface area contributed by atoms with Crippen LogP contribution < -0.4 is 4.90 Å². The van der Waals surface area contributed by atoms with E-state index in [4.69, 9.17) is 4.74 Å². The lowest BCUT2D eigenvalue weighted by Crippen LogP contribution is -3.04. The summed E-state index contributed by atoms with van der Waals surface area (Å²) in [6.07, 6.45) is 19.8. The van der Waals surface area contributed by atoms with Gasteiger partial charge < -0.3 is 9.64 Å². The maximum absolute atomic E-state index is 6.67. The average molecular weight is 286 g/mol. The molecule has 0 spiro atoms. The van der Waals surface area contributed by atoms with E-state index in [1.807, 2.05) is 0 Å². The van der Waals surface area contributed by atoms with Gasteiger partial charge in [0.05, 0.1) is 19.3 Å². The summed E-state index contributed by atoms with van der Waals surface area (Å²) in [5, 5.41) is 0. The van der Waals surface area contributed by atoms with Crippen LogP contribution >= 0.6 is 0 Å². The number of rotatable bonds is 1.